The lowest BCUT2D eigenvalue weighted by molar-refractivity contribution is 0.0479. The number of amides is 2. The van der Waals surface area contributed by atoms with Gasteiger partial charge in [-0.15, -0.1) is 0 Å². The number of hydrogen-bond donors (Lipinski definition) is 2. The standard InChI is InChI=1S/C17H24N2O3/c1-5-19(11-17(3,4)21)16(20)18-10-15-12(2)13-8-6-7-9-14(13)22-15/h6-9,21H,5,10-11H2,1-4H3,(H,18,20). The van der Waals surface area contributed by atoms with Crippen molar-refractivity contribution in [2.75, 3.05) is 13.1 Å². The molecule has 5 nitrogen and oxygen atoms in total. The number of carbonyl (C=O) groups is 1. The Kier molecular flexibility index (Phi) is 4.76. The van der Waals surface area contributed by atoms with E-state index in [0.717, 1.165) is 22.3 Å². The van der Waals surface area contributed by atoms with Gasteiger partial charge in [-0.2, -0.15) is 0 Å². The molecule has 1 heterocycles. The fraction of sp³-hybridized carbons (Fsp3) is 0.471. The number of furan rings is 1. The molecule has 0 atom stereocenters. The molecule has 0 radical (unpaired) electrons. The molecule has 120 valence electrons. The van der Waals surface area contributed by atoms with Crippen molar-refractivity contribution in [2.24, 2.45) is 0 Å². The molecule has 0 bridgehead atoms. The third-order valence-corrected chi connectivity index (χ3v) is 3.59. The molecular formula is C17H24N2O3. The molecule has 1 aromatic heterocycles. The van der Waals surface area contributed by atoms with Gasteiger partial charge in [-0.1, -0.05) is 18.2 Å². The van der Waals surface area contributed by atoms with Crippen LogP contribution in [-0.2, 0) is 6.54 Å². The summed E-state index contributed by atoms with van der Waals surface area (Å²) in [4.78, 5) is 13.8. The quantitative estimate of drug-likeness (QED) is 0.892. The number of rotatable bonds is 5. The van der Waals surface area contributed by atoms with Gasteiger partial charge in [-0.05, 0) is 33.8 Å². The van der Waals surface area contributed by atoms with E-state index >= 15 is 0 Å². The van der Waals surface area contributed by atoms with E-state index in [9.17, 15) is 9.90 Å². The van der Waals surface area contributed by atoms with Crippen molar-refractivity contribution >= 4 is 17.0 Å². The predicted octanol–water partition coefficient (Wildman–Crippen LogP) is 3.04. The van der Waals surface area contributed by atoms with Gasteiger partial charge in [0.25, 0.3) is 0 Å². The number of nitrogens with zero attached hydrogens (tertiary/aromatic N) is 1. The Bertz CT molecular complexity index is 655. The van der Waals surface area contributed by atoms with Crippen molar-refractivity contribution in [3.63, 3.8) is 0 Å². The zero-order valence-electron chi connectivity index (χ0n) is 13.6. The van der Waals surface area contributed by atoms with Gasteiger partial charge in [0.05, 0.1) is 18.7 Å². The largest absolute Gasteiger partial charge is 0.459 e. The molecule has 1 aromatic carbocycles. The second-order valence-corrected chi connectivity index (χ2v) is 6.13. The first-order valence-corrected chi connectivity index (χ1v) is 7.54. The summed E-state index contributed by atoms with van der Waals surface area (Å²) in [5, 5.41) is 13.8. The first-order valence-electron chi connectivity index (χ1n) is 7.54. The maximum Gasteiger partial charge on any atom is 0.317 e. The van der Waals surface area contributed by atoms with Gasteiger partial charge in [0.15, 0.2) is 0 Å². The minimum atomic E-state index is -0.914. The molecule has 0 fully saturated rings. The average Bonchev–Trinajstić information content (AvgIpc) is 2.78. The lowest BCUT2D eigenvalue weighted by Crippen LogP contribution is -2.46. The number of fused-ring (bicyclic) bond motifs is 1. The summed E-state index contributed by atoms with van der Waals surface area (Å²) in [6.07, 6.45) is 0. The van der Waals surface area contributed by atoms with Crippen LogP contribution in [0.15, 0.2) is 28.7 Å². The van der Waals surface area contributed by atoms with E-state index in [1.165, 1.54) is 0 Å². The van der Waals surface area contributed by atoms with Gasteiger partial charge in [-0.3, -0.25) is 0 Å². The smallest absolute Gasteiger partial charge is 0.317 e. The van der Waals surface area contributed by atoms with Crippen LogP contribution in [0.4, 0.5) is 4.79 Å². The minimum absolute atomic E-state index is 0.204. The molecular weight excluding hydrogens is 280 g/mol. The van der Waals surface area contributed by atoms with E-state index < -0.39 is 5.60 Å². The Balaban J connectivity index is 2.04. The summed E-state index contributed by atoms with van der Waals surface area (Å²) in [5.41, 5.74) is 0.956. The monoisotopic (exact) mass is 304 g/mol. The number of para-hydroxylation sites is 1. The number of aryl methyl sites for hydroxylation is 1. The van der Waals surface area contributed by atoms with Crippen molar-refractivity contribution in [1.82, 2.24) is 10.2 Å². The number of nitrogens with one attached hydrogen (secondary N) is 1. The Morgan fingerprint density at radius 2 is 2.05 bits per heavy atom. The van der Waals surface area contributed by atoms with Crippen LogP contribution in [0.2, 0.25) is 0 Å². The van der Waals surface area contributed by atoms with Crippen LogP contribution in [0.5, 0.6) is 0 Å². The van der Waals surface area contributed by atoms with E-state index in [0.29, 0.717) is 13.1 Å². The van der Waals surface area contributed by atoms with Crippen LogP contribution in [0.25, 0.3) is 11.0 Å². The first-order chi connectivity index (χ1) is 10.3. The van der Waals surface area contributed by atoms with Crippen molar-refractivity contribution in [3.05, 3.63) is 35.6 Å². The van der Waals surface area contributed by atoms with Crippen LogP contribution in [0.3, 0.4) is 0 Å². The first kappa shape index (κ1) is 16.4. The normalized spacial score (nSPS) is 11.7. The second kappa shape index (κ2) is 6.40. The zero-order valence-corrected chi connectivity index (χ0v) is 13.6. The molecule has 2 rings (SSSR count). The van der Waals surface area contributed by atoms with E-state index in [4.69, 9.17) is 4.42 Å². The summed E-state index contributed by atoms with van der Waals surface area (Å²) in [6, 6.07) is 7.61. The molecule has 2 amide bonds. The molecule has 22 heavy (non-hydrogen) atoms. The van der Waals surface area contributed by atoms with Gasteiger partial charge in [0, 0.05) is 17.5 Å². The molecule has 0 aliphatic rings. The summed E-state index contributed by atoms with van der Waals surface area (Å²) in [7, 11) is 0. The van der Waals surface area contributed by atoms with Gasteiger partial charge < -0.3 is 19.7 Å². The Hall–Kier alpha value is -2.01. The highest BCUT2D eigenvalue weighted by molar-refractivity contribution is 5.82. The Morgan fingerprint density at radius 1 is 1.36 bits per heavy atom. The highest BCUT2D eigenvalue weighted by atomic mass is 16.3. The van der Waals surface area contributed by atoms with Gasteiger partial charge >= 0.3 is 6.03 Å². The van der Waals surface area contributed by atoms with Crippen molar-refractivity contribution in [2.45, 2.75) is 39.8 Å². The molecule has 0 saturated carbocycles. The Morgan fingerprint density at radius 3 is 2.64 bits per heavy atom. The van der Waals surface area contributed by atoms with E-state index in [1.807, 2.05) is 38.1 Å². The maximum absolute atomic E-state index is 12.2. The third-order valence-electron chi connectivity index (χ3n) is 3.59. The molecule has 0 unspecified atom stereocenters. The van der Waals surface area contributed by atoms with Crippen LogP contribution in [0, 0.1) is 6.92 Å². The molecule has 5 heteroatoms. The topological polar surface area (TPSA) is 65.7 Å². The lowest BCUT2D eigenvalue weighted by atomic mass is 10.1. The van der Waals surface area contributed by atoms with Crippen molar-refractivity contribution in [1.29, 1.82) is 0 Å². The highest BCUT2D eigenvalue weighted by Crippen LogP contribution is 2.24. The third kappa shape index (κ3) is 3.80. The number of carbonyl (C=O) groups excluding carboxylic acids is 1. The zero-order chi connectivity index (χ0) is 16.3. The van der Waals surface area contributed by atoms with Gasteiger partial charge in [0.1, 0.15) is 11.3 Å². The predicted molar refractivity (Wildman–Crippen MR) is 86.7 cm³/mol. The van der Waals surface area contributed by atoms with E-state index in [-0.39, 0.29) is 12.6 Å². The lowest BCUT2D eigenvalue weighted by Gasteiger charge is -2.28. The van der Waals surface area contributed by atoms with Crippen molar-refractivity contribution < 1.29 is 14.3 Å². The fourth-order valence-electron chi connectivity index (χ4n) is 2.46. The van der Waals surface area contributed by atoms with Gasteiger partial charge in [-0.25, -0.2) is 4.79 Å². The number of aliphatic hydroxyl groups is 1. The van der Waals surface area contributed by atoms with Crippen LogP contribution in [-0.4, -0.2) is 34.7 Å². The van der Waals surface area contributed by atoms with E-state index in [2.05, 4.69) is 5.32 Å². The summed E-state index contributed by atoms with van der Waals surface area (Å²) in [6.45, 7) is 8.41. The van der Waals surface area contributed by atoms with Crippen LogP contribution >= 0.6 is 0 Å². The number of likely N-dealkylation sites (N-methyl/N-ethyl adjacent to an activating group) is 1. The van der Waals surface area contributed by atoms with E-state index in [1.54, 1.807) is 18.7 Å². The molecule has 0 aliphatic heterocycles. The number of benzene rings is 1. The van der Waals surface area contributed by atoms with Crippen LogP contribution < -0.4 is 5.32 Å². The highest BCUT2D eigenvalue weighted by Gasteiger charge is 2.21. The minimum Gasteiger partial charge on any atom is -0.459 e. The van der Waals surface area contributed by atoms with Crippen LogP contribution in [0.1, 0.15) is 32.1 Å². The van der Waals surface area contributed by atoms with Crippen molar-refractivity contribution in [3.8, 4) is 0 Å². The number of hydrogen-bond acceptors (Lipinski definition) is 3. The summed E-state index contributed by atoms with van der Waals surface area (Å²) < 4.78 is 5.78. The fourth-order valence-corrected chi connectivity index (χ4v) is 2.46. The molecule has 0 aliphatic carbocycles. The molecule has 2 aromatic rings. The SMILES string of the molecule is CCN(CC(C)(C)O)C(=O)NCc1oc2ccccc2c1C. The molecule has 0 spiro atoms. The summed E-state index contributed by atoms with van der Waals surface area (Å²) >= 11 is 0. The average molecular weight is 304 g/mol. The Labute approximate surface area is 130 Å². The summed E-state index contributed by atoms with van der Waals surface area (Å²) in [5.74, 6) is 0.758. The number of urea groups is 1. The molecule has 0 saturated heterocycles. The van der Waals surface area contributed by atoms with Gasteiger partial charge in [0.2, 0.25) is 0 Å². The molecule has 2 N–H and O–H groups in total. The second-order valence-electron chi connectivity index (χ2n) is 6.13. The maximum atomic E-state index is 12.2.